The van der Waals surface area contributed by atoms with Gasteiger partial charge in [-0.3, -0.25) is 0 Å². The van der Waals surface area contributed by atoms with Gasteiger partial charge in [0.05, 0.1) is 35.8 Å². The zero-order chi connectivity index (χ0) is 25.9. The number of hydrogen-bond donors (Lipinski definition) is 2. The maximum absolute atomic E-state index is 6.47. The van der Waals surface area contributed by atoms with Crippen LogP contribution in [-0.2, 0) is 9.47 Å². The predicted octanol–water partition coefficient (Wildman–Crippen LogP) is 6.73. The molecule has 2 aromatic carbocycles. The number of nitrogens with two attached hydrogens (primary N) is 2. The van der Waals surface area contributed by atoms with Gasteiger partial charge in [-0.2, -0.15) is 0 Å². The van der Waals surface area contributed by atoms with Crippen molar-refractivity contribution in [3.05, 3.63) is 24.3 Å². The molecule has 0 saturated carbocycles. The van der Waals surface area contributed by atoms with Gasteiger partial charge in [-0.1, -0.05) is 0 Å². The van der Waals surface area contributed by atoms with E-state index in [9.17, 15) is 0 Å². The Balaban J connectivity index is 2.31. The van der Waals surface area contributed by atoms with E-state index in [1.54, 1.807) is 0 Å². The average molecular weight is 475 g/mol. The molecule has 0 saturated heterocycles. The van der Waals surface area contributed by atoms with Gasteiger partial charge in [0.15, 0.2) is 11.5 Å². The maximum Gasteiger partial charge on any atom is 0.150 e. The third-order valence-corrected chi connectivity index (χ3v) is 5.40. The van der Waals surface area contributed by atoms with Gasteiger partial charge in [0.25, 0.3) is 0 Å². The monoisotopic (exact) mass is 474 g/mol. The molecule has 34 heavy (non-hydrogen) atoms. The van der Waals surface area contributed by atoms with Crippen LogP contribution in [0.1, 0.15) is 82.1 Å². The fraction of sp³-hybridized carbons (Fsp3) is 0.643. The van der Waals surface area contributed by atoms with Crippen LogP contribution in [0, 0.1) is 0 Å². The molecule has 0 amide bonds. The number of rotatable bonds is 10. The number of nitrogen functional groups attached to an aromatic ring is 2. The molecule has 6 nitrogen and oxygen atoms in total. The summed E-state index contributed by atoms with van der Waals surface area (Å²) in [5.74, 6) is 1.27. The summed E-state index contributed by atoms with van der Waals surface area (Å²) in [5, 5.41) is 1.74. The zero-order valence-electron chi connectivity index (χ0n) is 22.9. The normalized spacial score (nSPS) is 13.4. The Kier molecular flexibility index (Phi) is 8.42. The minimum absolute atomic E-state index is 0.191. The molecule has 0 fully saturated rings. The van der Waals surface area contributed by atoms with Crippen molar-refractivity contribution in [2.24, 2.45) is 0 Å². The Labute approximate surface area is 206 Å². The summed E-state index contributed by atoms with van der Waals surface area (Å²) in [4.78, 5) is 0. The molecule has 6 heteroatoms. The molecular formula is C28H46N2O4. The minimum atomic E-state index is -0.473. The van der Waals surface area contributed by atoms with E-state index in [0.717, 1.165) is 23.6 Å². The summed E-state index contributed by atoms with van der Waals surface area (Å²) in [7, 11) is 0. The van der Waals surface area contributed by atoms with Crippen LogP contribution < -0.4 is 20.9 Å². The molecule has 0 aliphatic heterocycles. The van der Waals surface area contributed by atoms with Crippen LogP contribution >= 0.6 is 0 Å². The maximum atomic E-state index is 6.47. The lowest BCUT2D eigenvalue weighted by molar-refractivity contribution is -0.0297. The summed E-state index contributed by atoms with van der Waals surface area (Å²) in [5.41, 5.74) is 12.6. The second kappa shape index (κ2) is 10.2. The standard InChI is InChI=1S/C28H46N2O4/c1-25(2,3)31-17-15-27(7,8)33-23-19-11-14-22(30)24(20(19)12-13-21(23)29)34-28(9,10)16-18-32-26(4,5)6/h11-14H,15-18,29-30H2,1-10H3. The summed E-state index contributed by atoms with van der Waals surface area (Å²) in [6.07, 6.45) is 1.44. The van der Waals surface area contributed by atoms with Crippen LogP contribution in [0.3, 0.4) is 0 Å². The van der Waals surface area contributed by atoms with Crippen molar-refractivity contribution in [3.8, 4) is 11.5 Å². The molecule has 0 aliphatic rings. The van der Waals surface area contributed by atoms with E-state index in [1.807, 2.05) is 93.5 Å². The van der Waals surface area contributed by atoms with Crippen LogP contribution in [0.4, 0.5) is 11.4 Å². The second-order valence-electron chi connectivity index (χ2n) is 12.2. The van der Waals surface area contributed by atoms with E-state index in [2.05, 4.69) is 0 Å². The molecule has 0 spiro atoms. The molecule has 2 rings (SSSR count). The molecule has 192 valence electrons. The number of anilines is 2. The summed E-state index contributed by atoms with van der Waals surface area (Å²) >= 11 is 0. The van der Waals surface area contributed by atoms with Crippen molar-refractivity contribution in [2.45, 2.75) is 104 Å². The van der Waals surface area contributed by atoms with Crippen LogP contribution in [-0.4, -0.2) is 35.6 Å². The predicted molar refractivity (Wildman–Crippen MR) is 143 cm³/mol. The first-order valence-electron chi connectivity index (χ1n) is 12.2. The number of fused-ring (bicyclic) bond motifs is 1. The lowest BCUT2D eigenvalue weighted by Crippen LogP contribution is -2.32. The van der Waals surface area contributed by atoms with Crippen molar-refractivity contribution in [2.75, 3.05) is 24.7 Å². The molecule has 0 heterocycles. The van der Waals surface area contributed by atoms with Gasteiger partial charge in [0, 0.05) is 23.6 Å². The van der Waals surface area contributed by atoms with Crippen LogP contribution in [0.25, 0.3) is 10.8 Å². The molecular weight excluding hydrogens is 428 g/mol. The summed E-state index contributed by atoms with van der Waals surface area (Å²) in [6.45, 7) is 21.7. The first-order chi connectivity index (χ1) is 15.4. The number of benzene rings is 2. The van der Waals surface area contributed by atoms with E-state index in [-0.39, 0.29) is 11.2 Å². The number of hydrogen-bond acceptors (Lipinski definition) is 6. The van der Waals surface area contributed by atoms with E-state index in [1.165, 1.54) is 0 Å². The molecule has 0 radical (unpaired) electrons. The summed E-state index contributed by atoms with van der Waals surface area (Å²) < 4.78 is 24.7. The molecule has 4 N–H and O–H groups in total. The molecule has 0 unspecified atom stereocenters. The average Bonchev–Trinajstić information content (AvgIpc) is 2.63. The van der Waals surface area contributed by atoms with Gasteiger partial charge in [0.1, 0.15) is 11.2 Å². The minimum Gasteiger partial charge on any atom is -0.485 e. The van der Waals surface area contributed by atoms with Crippen molar-refractivity contribution in [1.82, 2.24) is 0 Å². The highest BCUT2D eigenvalue weighted by Gasteiger charge is 2.27. The highest BCUT2D eigenvalue weighted by molar-refractivity contribution is 5.99. The first kappa shape index (κ1) is 28.1. The lowest BCUT2D eigenvalue weighted by atomic mass is 10.0. The third-order valence-electron chi connectivity index (χ3n) is 5.40. The van der Waals surface area contributed by atoms with Gasteiger partial charge in [-0.25, -0.2) is 0 Å². The van der Waals surface area contributed by atoms with Crippen LogP contribution in [0.5, 0.6) is 11.5 Å². The van der Waals surface area contributed by atoms with Crippen molar-refractivity contribution >= 4 is 22.1 Å². The molecule has 0 bridgehead atoms. The Bertz CT molecular complexity index is 890. The number of ether oxygens (including phenoxy) is 4. The van der Waals surface area contributed by atoms with Gasteiger partial charge >= 0.3 is 0 Å². The van der Waals surface area contributed by atoms with Crippen LogP contribution in [0.2, 0.25) is 0 Å². The van der Waals surface area contributed by atoms with Crippen LogP contribution in [0.15, 0.2) is 24.3 Å². The summed E-state index contributed by atoms with van der Waals surface area (Å²) in [6, 6.07) is 7.59. The van der Waals surface area contributed by atoms with Gasteiger partial charge in [0.2, 0.25) is 0 Å². The largest absolute Gasteiger partial charge is 0.485 e. The highest BCUT2D eigenvalue weighted by Crippen LogP contribution is 2.42. The zero-order valence-corrected chi connectivity index (χ0v) is 22.9. The Morgan fingerprint density at radius 1 is 0.559 bits per heavy atom. The molecule has 0 atom stereocenters. The van der Waals surface area contributed by atoms with E-state index in [0.29, 0.717) is 36.1 Å². The Hall–Kier alpha value is -2.18. The van der Waals surface area contributed by atoms with Gasteiger partial charge in [-0.15, -0.1) is 0 Å². The quantitative estimate of drug-likeness (QED) is 0.371. The smallest absolute Gasteiger partial charge is 0.150 e. The van der Waals surface area contributed by atoms with Gasteiger partial charge in [-0.05, 0) is 93.5 Å². The highest BCUT2D eigenvalue weighted by atomic mass is 16.5. The Morgan fingerprint density at radius 2 is 0.882 bits per heavy atom. The SMILES string of the molecule is CC(C)(C)OCCC(C)(C)Oc1c(N)ccc2c(OC(C)(C)CCOC(C)(C)C)c(N)ccc12. The fourth-order valence-electron chi connectivity index (χ4n) is 3.47. The first-order valence-corrected chi connectivity index (χ1v) is 12.2. The van der Waals surface area contributed by atoms with Gasteiger partial charge < -0.3 is 30.4 Å². The lowest BCUT2D eigenvalue weighted by Gasteiger charge is -2.31. The van der Waals surface area contributed by atoms with E-state index < -0.39 is 11.2 Å². The molecule has 2 aromatic rings. The molecule has 0 aliphatic carbocycles. The third kappa shape index (κ3) is 8.55. The van der Waals surface area contributed by atoms with Crippen molar-refractivity contribution < 1.29 is 18.9 Å². The van der Waals surface area contributed by atoms with E-state index >= 15 is 0 Å². The fourth-order valence-corrected chi connectivity index (χ4v) is 3.47. The van der Waals surface area contributed by atoms with E-state index in [4.69, 9.17) is 30.4 Å². The van der Waals surface area contributed by atoms with Crippen molar-refractivity contribution in [1.29, 1.82) is 0 Å². The van der Waals surface area contributed by atoms with Crippen molar-refractivity contribution in [3.63, 3.8) is 0 Å². The second-order valence-corrected chi connectivity index (χ2v) is 12.2. The topological polar surface area (TPSA) is 89.0 Å². The molecule has 0 aromatic heterocycles. The Morgan fingerprint density at radius 3 is 1.18 bits per heavy atom.